The van der Waals surface area contributed by atoms with Gasteiger partial charge in [-0.3, -0.25) is 9.69 Å². The Labute approximate surface area is 157 Å². The zero-order chi connectivity index (χ0) is 19.4. The van der Waals surface area contributed by atoms with Crippen LogP contribution in [0.25, 0.3) is 0 Å². The molecule has 2 heterocycles. The van der Waals surface area contributed by atoms with Crippen molar-refractivity contribution < 1.29 is 13.6 Å². The average molecular weight is 371 g/mol. The van der Waals surface area contributed by atoms with Gasteiger partial charge in [-0.05, 0) is 24.7 Å². The van der Waals surface area contributed by atoms with E-state index < -0.39 is 0 Å². The number of nitrogens with zero attached hydrogens (tertiary/aromatic N) is 5. The second-order valence-electron chi connectivity index (χ2n) is 6.67. The fourth-order valence-corrected chi connectivity index (χ4v) is 3.20. The molecule has 0 spiro atoms. The number of oxazole rings is 1. The molecule has 8 heteroatoms. The average Bonchev–Trinajstić information content (AvgIpc) is 3.02. The molecule has 1 aliphatic rings. The second kappa shape index (κ2) is 8.18. The van der Waals surface area contributed by atoms with Crippen molar-refractivity contribution in [1.82, 2.24) is 14.8 Å². The molecule has 0 aliphatic carbocycles. The number of benzene rings is 1. The van der Waals surface area contributed by atoms with Crippen LogP contribution in [0, 0.1) is 24.1 Å². The lowest BCUT2D eigenvalue weighted by molar-refractivity contribution is -0.132. The van der Waals surface area contributed by atoms with Crippen LogP contribution in [0.2, 0.25) is 0 Å². The zero-order valence-electron chi connectivity index (χ0n) is 15.5. The van der Waals surface area contributed by atoms with Gasteiger partial charge in [0, 0.05) is 39.6 Å². The number of rotatable bonds is 5. The Morgan fingerprint density at radius 1 is 1.37 bits per heavy atom. The third-order valence-corrected chi connectivity index (χ3v) is 4.49. The molecule has 1 aromatic carbocycles. The van der Waals surface area contributed by atoms with Crippen LogP contribution in [0.3, 0.4) is 0 Å². The first kappa shape index (κ1) is 18.9. The molecule has 1 aliphatic heterocycles. The molecule has 1 fully saturated rings. The van der Waals surface area contributed by atoms with E-state index >= 15 is 0 Å². The van der Waals surface area contributed by atoms with Gasteiger partial charge < -0.3 is 14.2 Å². The van der Waals surface area contributed by atoms with Crippen LogP contribution in [0.5, 0.6) is 0 Å². The summed E-state index contributed by atoms with van der Waals surface area (Å²) in [6.45, 7) is 4.76. The number of aryl methyl sites for hydroxylation is 1. The fraction of sp³-hybridized carbons (Fsp3) is 0.421. The summed E-state index contributed by atoms with van der Waals surface area (Å²) >= 11 is 0. The van der Waals surface area contributed by atoms with Crippen LogP contribution >= 0.6 is 0 Å². The second-order valence-corrected chi connectivity index (χ2v) is 6.67. The van der Waals surface area contributed by atoms with Gasteiger partial charge in [-0.2, -0.15) is 5.26 Å². The SMILES string of the molecule is Cc1nc(C#N)c(N2CCN(C(=O)CN(C)Cc3cccc(F)c3)CC2)o1. The van der Waals surface area contributed by atoms with Crippen LogP contribution in [-0.2, 0) is 11.3 Å². The number of halogens is 1. The number of hydrogen-bond acceptors (Lipinski definition) is 6. The normalized spacial score (nSPS) is 14.5. The van der Waals surface area contributed by atoms with Gasteiger partial charge in [-0.25, -0.2) is 9.37 Å². The Hall–Kier alpha value is -2.92. The molecule has 1 aromatic heterocycles. The van der Waals surface area contributed by atoms with Crippen molar-refractivity contribution in [3.63, 3.8) is 0 Å². The first-order chi connectivity index (χ1) is 13.0. The van der Waals surface area contributed by atoms with Crippen molar-refractivity contribution in [2.45, 2.75) is 13.5 Å². The van der Waals surface area contributed by atoms with E-state index in [1.54, 1.807) is 17.9 Å². The Morgan fingerprint density at radius 3 is 2.78 bits per heavy atom. The molecule has 0 bridgehead atoms. The highest BCUT2D eigenvalue weighted by atomic mass is 19.1. The van der Waals surface area contributed by atoms with E-state index in [-0.39, 0.29) is 24.0 Å². The van der Waals surface area contributed by atoms with Gasteiger partial charge in [-0.1, -0.05) is 12.1 Å². The molecule has 27 heavy (non-hydrogen) atoms. The number of carbonyl (C=O) groups is 1. The lowest BCUT2D eigenvalue weighted by Crippen LogP contribution is -2.51. The van der Waals surface area contributed by atoms with Crippen molar-refractivity contribution >= 4 is 11.8 Å². The Balaban J connectivity index is 1.51. The monoisotopic (exact) mass is 371 g/mol. The van der Waals surface area contributed by atoms with Gasteiger partial charge in [-0.15, -0.1) is 0 Å². The van der Waals surface area contributed by atoms with E-state index in [9.17, 15) is 9.18 Å². The first-order valence-corrected chi connectivity index (χ1v) is 8.79. The topological polar surface area (TPSA) is 76.6 Å². The largest absolute Gasteiger partial charge is 0.424 e. The maximum Gasteiger partial charge on any atom is 0.236 e. The fourth-order valence-electron chi connectivity index (χ4n) is 3.20. The number of hydrogen-bond donors (Lipinski definition) is 0. The van der Waals surface area contributed by atoms with E-state index in [0.717, 1.165) is 5.56 Å². The number of amides is 1. The molecular formula is C19H22FN5O2. The first-order valence-electron chi connectivity index (χ1n) is 8.79. The minimum atomic E-state index is -0.275. The highest BCUT2D eigenvalue weighted by Gasteiger charge is 2.26. The lowest BCUT2D eigenvalue weighted by atomic mass is 10.2. The van der Waals surface area contributed by atoms with Crippen LogP contribution in [0.1, 0.15) is 17.1 Å². The third-order valence-electron chi connectivity index (χ3n) is 4.49. The number of aromatic nitrogens is 1. The van der Waals surface area contributed by atoms with Crippen molar-refractivity contribution in [1.29, 1.82) is 5.26 Å². The number of likely N-dealkylation sites (N-methyl/N-ethyl adjacent to an activating group) is 1. The molecule has 0 atom stereocenters. The van der Waals surface area contributed by atoms with Crippen molar-refractivity contribution in [2.75, 3.05) is 44.7 Å². The highest BCUT2D eigenvalue weighted by molar-refractivity contribution is 5.78. The van der Waals surface area contributed by atoms with Gasteiger partial charge in [0.15, 0.2) is 5.89 Å². The predicted octanol–water partition coefficient (Wildman–Crippen LogP) is 1.77. The summed E-state index contributed by atoms with van der Waals surface area (Å²) in [5.74, 6) is 0.690. The summed E-state index contributed by atoms with van der Waals surface area (Å²) in [5, 5.41) is 9.15. The van der Waals surface area contributed by atoms with E-state index in [1.165, 1.54) is 12.1 Å². The molecular weight excluding hydrogens is 349 g/mol. The zero-order valence-corrected chi connectivity index (χ0v) is 15.5. The van der Waals surface area contributed by atoms with Gasteiger partial charge in [0.1, 0.15) is 11.9 Å². The molecule has 1 amide bonds. The number of nitriles is 1. The highest BCUT2D eigenvalue weighted by Crippen LogP contribution is 2.22. The number of anilines is 1. The number of piperazine rings is 1. The molecule has 0 saturated carbocycles. The van der Waals surface area contributed by atoms with Crippen molar-refractivity contribution in [3.8, 4) is 6.07 Å². The maximum atomic E-state index is 13.3. The van der Waals surface area contributed by atoms with Gasteiger partial charge in [0.25, 0.3) is 0 Å². The molecule has 2 aromatic rings. The summed E-state index contributed by atoms with van der Waals surface area (Å²) in [5.41, 5.74) is 1.11. The smallest absolute Gasteiger partial charge is 0.236 e. The van der Waals surface area contributed by atoms with E-state index in [4.69, 9.17) is 9.68 Å². The molecule has 0 N–H and O–H groups in total. The molecule has 7 nitrogen and oxygen atoms in total. The predicted molar refractivity (Wildman–Crippen MR) is 97.5 cm³/mol. The summed E-state index contributed by atoms with van der Waals surface area (Å²) < 4.78 is 18.8. The summed E-state index contributed by atoms with van der Waals surface area (Å²) in [4.78, 5) is 22.2. The van der Waals surface area contributed by atoms with Crippen LogP contribution in [0.4, 0.5) is 10.3 Å². The minimum Gasteiger partial charge on any atom is -0.424 e. The molecule has 0 radical (unpaired) electrons. The van der Waals surface area contributed by atoms with Gasteiger partial charge in [0.05, 0.1) is 6.54 Å². The molecule has 142 valence electrons. The molecule has 0 unspecified atom stereocenters. The summed E-state index contributed by atoms with van der Waals surface area (Å²) in [6, 6.07) is 8.43. The summed E-state index contributed by atoms with van der Waals surface area (Å²) in [6.07, 6.45) is 0. The maximum absolute atomic E-state index is 13.3. The minimum absolute atomic E-state index is 0.0304. The van der Waals surface area contributed by atoms with Crippen LogP contribution < -0.4 is 4.90 Å². The van der Waals surface area contributed by atoms with E-state index in [0.29, 0.717) is 44.5 Å². The molecule has 1 saturated heterocycles. The lowest BCUT2D eigenvalue weighted by Gasteiger charge is -2.35. The summed E-state index contributed by atoms with van der Waals surface area (Å²) in [7, 11) is 1.84. The van der Waals surface area contributed by atoms with Crippen molar-refractivity contribution in [2.24, 2.45) is 0 Å². The number of carbonyl (C=O) groups excluding carboxylic acids is 1. The van der Waals surface area contributed by atoms with Crippen LogP contribution in [0.15, 0.2) is 28.7 Å². The Bertz CT molecular complexity index is 852. The standard InChI is InChI=1S/C19H22FN5O2/c1-14-22-17(11-21)19(27-14)25-8-6-24(7-9-25)18(26)13-23(2)12-15-4-3-5-16(20)10-15/h3-5,10H,6-9,12-13H2,1-2H3. The van der Waals surface area contributed by atoms with E-state index in [1.807, 2.05) is 29.0 Å². The molecule has 3 rings (SSSR count). The van der Waals surface area contributed by atoms with Gasteiger partial charge in [0.2, 0.25) is 17.5 Å². The quantitative estimate of drug-likeness (QED) is 0.797. The van der Waals surface area contributed by atoms with Crippen LogP contribution in [-0.4, -0.2) is 60.5 Å². The Kier molecular flexibility index (Phi) is 5.72. The van der Waals surface area contributed by atoms with Gasteiger partial charge >= 0.3 is 0 Å². The third kappa shape index (κ3) is 4.63. The Morgan fingerprint density at radius 2 is 2.11 bits per heavy atom. The van der Waals surface area contributed by atoms with Crippen molar-refractivity contribution in [3.05, 3.63) is 47.2 Å². The van der Waals surface area contributed by atoms with E-state index in [2.05, 4.69) is 4.98 Å².